The molecule has 0 bridgehead atoms. The van der Waals surface area contributed by atoms with E-state index in [0.717, 1.165) is 17.4 Å². The second-order valence-corrected chi connectivity index (χ2v) is 5.80. The number of anilines is 1. The number of hydrogen-bond donors (Lipinski definition) is 4. The van der Waals surface area contributed by atoms with Gasteiger partial charge in [-0.3, -0.25) is 4.57 Å². The first-order valence-electron chi connectivity index (χ1n) is 6.96. The second kappa shape index (κ2) is 5.06. The first kappa shape index (κ1) is 14.5. The maximum atomic E-state index is 12.1. The van der Waals surface area contributed by atoms with Crippen molar-refractivity contribution in [2.75, 3.05) is 11.9 Å². The fraction of sp³-hybridized carbons (Fsp3) is 0.692. The largest absolute Gasteiger partial charge is 0.394 e. The van der Waals surface area contributed by atoms with Gasteiger partial charge in [0.1, 0.15) is 23.6 Å². The average molecular weight is 297 g/mol. The van der Waals surface area contributed by atoms with Crippen LogP contribution < -0.4 is 11.0 Å². The van der Waals surface area contributed by atoms with Gasteiger partial charge in [-0.2, -0.15) is 4.98 Å². The Hall–Kier alpha value is -1.48. The number of aliphatic hydroxyl groups is 3. The van der Waals surface area contributed by atoms with Crippen molar-refractivity contribution in [3.8, 4) is 0 Å². The Bertz CT molecular complexity index is 583. The second-order valence-electron chi connectivity index (χ2n) is 5.80. The number of aliphatic hydroxyl groups excluding tert-OH is 2. The molecule has 116 valence electrons. The molecule has 1 aliphatic carbocycles. The summed E-state index contributed by atoms with van der Waals surface area (Å²) in [5.74, 6) is 0.482. The van der Waals surface area contributed by atoms with Gasteiger partial charge < -0.3 is 25.4 Å². The molecule has 4 N–H and O–H groups in total. The van der Waals surface area contributed by atoms with Crippen LogP contribution in [0.3, 0.4) is 0 Å². The molecule has 8 heteroatoms. The number of aromatic nitrogens is 2. The third-order valence-corrected chi connectivity index (χ3v) is 3.95. The van der Waals surface area contributed by atoms with Crippen molar-refractivity contribution in [3.63, 3.8) is 0 Å². The smallest absolute Gasteiger partial charge is 0.351 e. The molecule has 1 saturated heterocycles. The average Bonchev–Trinajstić information content (AvgIpc) is 3.20. The highest BCUT2D eigenvalue weighted by molar-refractivity contribution is 5.35. The van der Waals surface area contributed by atoms with Crippen molar-refractivity contribution in [3.05, 3.63) is 22.7 Å². The molecule has 0 radical (unpaired) electrons. The summed E-state index contributed by atoms with van der Waals surface area (Å²) in [5.41, 5.74) is -2.28. The first-order chi connectivity index (χ1) is 9.93. The molecule has 2 fully saturated rings. The molecular formula is C13H19N3O5. The minimum absolute atomic E-state index is 0.374. The van der Waals surface area contributed by atoms with Crippen LogP contribution in [0.25, 0.3) is 0 Å². The summed E-state index contributed by atoms with van der Waals surface area (Å²) >= 11 is 0. The molecule has 1 aliphatic heterocycles. The number of rotatable bonds is 4. The Labute approximate surface area is 121 Å². The molecule has 1 aromatic heterocycles. The van der Waals surface area contributed by atoms with E-state index in [2.05, 4.69) is 10.3 Å². The zero-order chi connectivity index (χ0) is 15.2. The molecule has 3 rings (SSSR count). The molecule has 21 heavy (non-hydrogen) atoms. The molecule has 0 spiro atoms. The van der Waals surface area contributed by atoms with Gasteiger partial charge >= 0.3 is 5.69 Å². The highest BCUT2D eigenvalue weighted by atomic mass is 16.6. The lowest BCUT2D eigenvalue weighted by Crippen LogP contribution is -2.46. The molecular weight excluding hydrogens is 278 g/mol. The molecule has 1 aromatic rings. The van der Waals surface area contributed by atoms with Crippen LogP contribution in [0.15, 0.2) is 17.1 Å². The molecule has 2 heterocycles. The Morgan fingerprint density at radius 2 is 2.29 bits per heavy atom. The molecule has 3 unspecified atom stereocenters. The van der Waals surface area contributed by atoms with Crippen molar-refractivity contribution >= 4 is 5.82 Å². The summed E-state index contributed by atoms with van der Waals surface area (Å²) < 4.78 is 6.51. The third-order valence-electron chi connectivity index (χ3n) is 3.95. The van der Waals surface area contributed by atoms with Gasteiger partial charge in [0.05, 0.1) is 6.61 Å². The Kier molecular flexibility index (Phi) is 3.48. The lowest BCUT2D eigenvalue weighted by atomic mass is 9.96. The van der Waals surface area contributed by atoms with Crippen molar-refractivity contribution in [1.29, 1.82) is 0 Å². The normalized spacial score (nSPS) is 35.9. The van der Waals surface area contributed by atoms with Gasteiger partial charge in [-0.25, -0.2) is 4.79 Å². The van der Waals surface area contributed by atoms with Gasteiger partial charge in [-0.05, 0) is 25.8 Å². The summed E-state index contributed by atoms with van der Waals surface area (Å²) in [6, 6.07) is 2.00. The van der Waals surface area contributed by atoms with Gasteiger partial charge in [0.15, 0.2) is 6.23 Å². The molecule has 4 atom stereocenters. The first-order valence-corrected chi connectivity index (χ1v) is 6.96. The van der Waals surface area contributed by atoms with Crippen LogP contribution in [0, 0.1) is 0 Å². The van der Waals surface area contributed by atoms with E-state index in [9.17, 15) is 15.0 Å². The quantitative estimate of drug-likeness (QED) is 0.552. The van der Waals surface area contributed by atoms with Gasteiger partial charge in [-0.1, -0.05) is 0 Å². The standard InChI is InChI=1S/C13H19N3O5/c1-13(20)10(18)8(6-17)21-11(13)16-5-4-9(15-12(16)19)14-7-2-3-7/h4-5,7-8,10-11,17-18,20H,2-3,6H2,1H3,(H,14,15,19)/t8?,10-,11?,13?/m1/s1. The van der Waals surface area contributed by atoms with Gasteiger partial charge in [-0.15, -0.1) is 0 Å². The summed E-state index contributed by atoms with van der Waals surface area (Å²) in [5, 5.41) is 32.5. The van der Waals surface area contributed by atoms with Gasteiger partial charge in [0.25, 0.3) is 0 Å². The highest BCUT2D eigenvalue weighted by Crippen LogP contribution is 2.37. The SMILES string of the molecule is CC1(O)C(n2ccc(NC3CC3)nc2=O)OC(CO)[C@H]1O. The van der Waals surface area contributed by atoms with E-state index in [1.165, 1.54) is 13.1 Å². The van der Waals surface area contributed by atoms with Crippen molar-refractivity contribution < 1.29 is 20.1 Å². The molecule has 2 aliphatic rings. The van der Waals surface area contributed by atoms with Gasteiger partial charge in [0.2, 0.25) is 0 Å². The maximum Gasteiger partial charge on any atom is 0.351 e. The summed E-state index contributed by atoms with van der Waals surface area (Å²) in [7, 11) is 0. The van der Waals surface area contributed by atoms with E-state index in [1.807, 2.05) is 0 Å². The highest BCUT2D eigenvalue weighted by Gasteiger charge is 2.53. The number of hydrogen-bond acceptors (Lipinski definition) is 7. The minimum Gasteiger partial charge on any atom is -0.394 e. The van der Waals surface area contributed by atoms with Crippen LogP contribution in [0.1, 0.15) is 26.0 Å². The predicted octanol–water partition coefficient (Wildman–Crippen LogP) is -1.18. The van der Waals surface area contributed by atoms with Crippen LogP contribution in [0.5, 0.6) is 0 Å². The summed E-state index contributed by atoms with van der Waals surface area (Å²) in [4.78, 5) is 16.0. The monoisotopic (exact) mass is 297 g/mol. The Morgan fingerprint density at radius 3 is 2.81 bits per heavy atom. The molecule has 0 amide bonds. The maximum absolute atomic E-state index is 12.1. The van der Waals surface area contributed by atoms with E-state index < -0.39 is 36.3 Å². The van der Waals surface area contributed by atoms with Crippen LogP contribution in [-0.4, -0.2) is 55.3 Å². The van der Waals surface area contributed by atoms with Gasteiger partial charge in [0, 0.05) is 12.2 Å². The summed E-state index contributed by atoms with van der Waals surface area (Å²) in [6.45, 7) is 0.915. The van der Waals surface area contributed by atoms with Crippen LogP contribution >= 0.6 is 0 Å². The molecule has 0 aromatic carbocycles. The zero-order valence-corrected chi connectivity index (χ0v) is 11.6. The van der Waals surface area contributed by atoms with E-state index >= 15 is 0 Å². The minimum atomic E-state index is -1.69. The Balaban J connectivity index is 1.87. The Morgan fingerprint density at radius 1 is 1.57 bits per heavy atom. The van der Waals surface area contributed by atoms with Crippen molar-refractivity contribution in [2.45, 2.75) is 49.8 Å². The summed E-state index contributed by atoms with van der Waals surface area (Å²) in [6.07, 6.45) is 0.265. The predicted molar refractivity (Wildman–Crippen MR) is 72.8 cm³/mol. The van der Waals surface area contributed by atoms with E-state index in [1.54, 1.807) is 6.07 Å². The van der Waals surface area contributed by atoms with Crippen LogP contribution in [-0.2, 0) is 4.74 Å². The fourth-order valence-electron chi connectivity index (χ4n) is 2.50. The lowest BCUT2D eigenvalue weighted by molar-refractivity contribution is -0.0986. The fourth-order valence-corrected chi connectivity index (χ4v) is 2.50. The number of ether oxygens (including phenoxy) is 1. The van der Waals surface area contributed by atoms with E-state index in [0.29, 0.717) is 11.9 Å². The van der Waals surface area contributed by atoms with E-state index in [-0.39, 0.29) is 0 Å². The molecule has 1 saturated carbocycles. The van der Waals surface area contributed by atoms with Crippen molar-refractivity contribution in [1.82, 2.24) is 9.55 Å². The van der Waals surface area contributed by atoms with Crippen molar-refractivity contribution in [2.24, 2.45) is 0 Å². The number of nitrogens with one attached hydrogen (secondary N) is 1. The third kappa shape index (κ3) is 2.55. The zero-order valence-electron chi connectivity index (χ0n) is 11.6. The molecule has 8 nitrogen and oxygen atoms in total. The van der Waals surface area contributed by atoms with Crippen LogP contribution in [0.4, 0.5) is 5.82 Å². The number of nitrogens with zero attached hydrogens (tertiary/aromatic N) is 2. The van der Waals surface area contributed by atoms with E-state index in [4.69, 9.17) is 9.84 Å². The topological polar surface area (TPSA) is 117 Å². The lowest BCUT2D eigenvalue weighted by Gasteiger charge is -2.27. The van der Waals surface area contributed by atoms with Crippen LogP contribution in [0.2, 0.25) is 0 Å².